The van der Waals surface area contributed by atoms with Crippen LogP contribution in [0.4, 0.5) is 0 Å². The zero-order valence-corrected chi connectivity index (χ0v) is 13.2. The monoisotopic (exact) mass is 339 g/mol. The minimum absolute atomic E-state index is 0.410. The van der Waals surface area contributed by atoms with Gasteiger partial charge in [-0.05, 0) is 24.6 Å². The summed E-state index contributed by atoms with van der Waals surface area (Å²) >= 11 is 3.41. The molecule has 0 saturated carbocycles. The Morgan fingerprint density at radius 2 is 2.25 bits per heavy atom. The van der Waals surface area contributed by atoms with Gasteiger partial charge < -0.3 is 9.84 Å². The average Bonchev–Trinajstić information content (AvgIpc) is 2.86. The lowest BCUT2D eigenvalue weighted by atomic mass is 10.1. The van der Waals surface area contributed by atoms with Crippen molar-refractivity contribution in [2.24, 2.45) is 0 Å². The highest BCUT2D eigenvalue weighted by Gasteiger charge is 2.17. The van der Waals surface area contributed by atoms with E-state index in [9.17, 15) is 5.11 Å². The molecule has 0 radical (unpaired) electrons. The Hall–Kier alpha value is -1.40. The minimum Gasteiger partial charge on any atom is -0.496 e. The number of benzene rings is 1. The SMILES string of the molecule is CCCn1ncnc1CC(O)c1cc(Br)ccc1OC. The number of nitrogens with zero attached hydrogens (tertiary/aromatic N) is 3. The molecule has 1 atom stereocenters. The highest BCUT2D eigenvalue weighted by atomic mass is 79.9. The fraction of sp³-hybridized carbons (Fsp3) is 0.429. The van der Waals surface area contributed by atoms with Crippen molar-refractivity contribution >= 4 is 15.9 Å². The van der Waals surface area contributed by atoms with Gasteiger partial charge in [0.05, 0.1) is 13.2 Å². The maximum absolute atomic E-state index is 10.4. The van der Waals surface area contributed by atoms with E-state index >= 15 is 0 Å². The van der Waals surface area contributed by atoms with E-state index in [1.807, 2.05) is 22.9 Å². The Balaban J connectivity index is 2.21. The van der Waals surface area contributed by atoms with E-state index in [2.05, 4.69) is 32.9 Å². The predicted molar refractivity (Wildman–Crippen MR) is 79.7 cm³/mol. The molecule has 0 aliphatic heterocycles. The molecule has 0 bridgehead atoms. The van der Waals surface area contributed by atoms with E-state index < -0.39 is 6.10 Å². The van der Waals surface area contributed by atoms with Crippen molar-refractivity contribution in [3.05, 3.63) is 40.4 Å². The molecule has 1 aromatic heterocycles. The van der Waals surface area contributed by atoms with E-state index in [1.165, 1.54) is 6.33 Å². The highest BCUT2D eigenvalue weighted by molar-refractivity contribution is 9.10. The quantitative estimate of drug-likeness (QED) is 0.878. The van der Waals surface area contributed by atoms with Gasteiger partial charge in [-0.25, -0.2) is 4.98 Å². The number of aryl methyl sites for hydroxylation is 1. The predicted octanol–water partition coefficient (Wildman–Crippen LogP) is 2.74. The summed E-state index contributed by atoms with van der Waals surface area (Å²) < 4.78 is 8.03. The Kier molecular flexibility index (Phi) is 5.14. The molecule has 1 unspecified atom stereocenters. The smallest absolute Gasteiger partial charge is 0.138 e. The molecular formula is C14H18BrN3O2. The fourth-order valence-electron chi connectivity index (χ4n) is 2.09. The molecule has 6 heteroatoms. The Bertz CT molecular complexity index is 571. The fourth-order valence-corrected chi connectivity index (χ4v) is 2.47. The Morgan fingerprint density at radius 3 is 2.95 bits per heavy atom. The summed E-state index contributed by atoms with van der Waals surface area (Å²) in [4.78, 5) is 4.22. The van der Waals surface area contributed by atoms with E-state index in [0.29, 0.717) is 12.2 Å². The van der Waals surface area contributed by atoms with Crippen molar-refractivity contribution in [2.75, 3.05) is 7.11 Å². The van der Waals surface area contributed by atoms with Crippen LogP contribution >= 0.6 is 15.9 Å². The van der Waals surface area contributed by atoms with Crippen LogP contribution in [0.2, 0.25) is 0 Å². The molecule has 0 spiro atoms. The second-order valence-electron chi connectivity index (χ2n) is 4.51. The average molecular weight is 340 g/mol. The number of aliphatic hydroxyl groups excluding tert-OH is 1. The van der Waals surface area contributed by atoms with Crippen LogP contribution in [0.5, 0.6) is 5.75 Å². The number of methoxy groups -OCH3 is 1. The number of aliphatic hydroxyl groups is 1. The largest absolute Gasteiger partial charge is 0.496 e. The van der Waals surface area contributed by atoms with Gasteiger partial charge in [0.15, 0.2) is 0 Å². The highest BCUT2D eigenvalue weighted by Crippen LogP contribution is 2.30. The van der Waals surface area contributed by atoms with Crippen molar-refractivity contribution in [1.29, 1.82) is 0 Å². The number of hydrogen-bond acceptors (Lipinski definition) is 4. The summed E-state index contributed by atoms with van der Waals surface area (Å²) in [5.41, 5.74) is 0.743. The molecule has 2 rings (SSSR count). The van der Waals surface area contributed by atoms with Gasteiger partial charge in [-0.2, -0.15) is 5.10 Å². The topological polar surface area (TPSA) is 60.2 Å². The van der Waals surface area contributed by atoms with Crippen LogP contribution in [0.15, 0.2) is 29.0 Å². The first kappa shape index (κ1) is 15.0. The zero-order valence-electron chi connectivity index (χ0n) is 11.6. The molecule has 0 fully saturated rings. The van der Waals surface area contributed by atoms with Gasteiger partial charge in [0.25, 0.3) is 0 Å². The van der Waals surface area contributed by atoms with Gasteiger partial charge in [-0.15, -0.1) is 0 Å². The van der Waals surface area contributed by atoms with Crippen molar-refractivity contribution in [3.63, 3.8) is 0 Å². The maximum atomic E-state index is 10.4. The van der Waals surface area contributed by atoms with Gasteiger partial charge in [-0.1, -0.05) is 22.9 Å². The van der Waals surface area contributed by atoms with Crippen LogP contribution in [-0.2, 0) is 13.0 Å². The van der Waals surface area contributed by atoms with Crippen molar-refractivity contribution < 1.29 is 9.84 Å². The standard InChI is InChI=1S/C14H18BrN3O2/c1-3-6-18-14(16-9-17-18)8-12(19)11-7-10(15)4-5-13(11)20-2/h4-5,7,9,12,19H,3,6,8H2,1-2H3. The van der Waals surface area contributed by atoms with Crippen molar-refractivity contribution in [3.8, 4) is 5.75 Å². The molecule has 0 aliphatic carbocycles. The molecular weight excluding hydrogens is 322 g/mol. The van der Waals surface area contributed by atoms with Crippen LogP contribution < -0.4 is 4.74 Å². The van der Waals surface area contributed by atoms with Crippen LogP contribution in [-0.4, -0.2) is 27.0 Å². The van der Waals surface area contributed by atoms with Gasteiger partial charge in [0, 0.05) is 23.0 Å². The molecule has 20 heavy (non-hydrogen) atoms. The third-order valence-electron chi connectivity index (χ3n) is 3.06. The first-order valence-electron chi connectivity index (χ1n) is 6.54. The molecule has 1 heterocycles. The lowest BCUT2D eigenvalue weighted by Gasteiger charge is -2.15. The first-order chi connectivity index (χ1) is 9.65. The number of hydrogen-bond donors (Lipinski definition) is 1. The summed E-state index contributed by atoms with van der Waals surface area (Å²) in [6.45, 7) is 2.89. The Morgan fingerprint density at radius 1 is 1.45 bits per heavy atom. The van der Waals surface area contributed by atoms with Gasteiger partial charge in [-0.3, -0.25) is 4.68 Å². The number of halogens is 1. The summed E-state index contributed by atoms with van der Waals surface area (Å²) in [5, 5.41) is 14.6. The summed E-state index contributed by atoms with van der Waals surface area (Å²) in [7, 11) is 1.60. The molecule has 1 aromatic carbocycles. The second kappa shape index (κ2) is 6.85. The third kappa shape index (κ3) is 3.37. The second-order valence-corrected chi connectivity index (χ2v) is 5.42. The summed E-state index contributed by atoms with van der Waals surface area (Å²) in [6, 6.07) is 5.58. The van der Waals surface area contributed by atoms with Crippen LogP contribution in [0.1, 0.15) is 30.8 Å². The number of rotatable bonds is 6. The number of aromatic nitrogens is 3. The summed E-state index contributed by atoms with van der Waals surface area (Å²) in [5.74, 6) is 1.45. The minimum atomic E-state index is -0.678. The normalized spacial score (nSPS) is 12.4. The van der Waals surface area contributed by atoms with Gasteiger partial charge in [0.1, 0.15) is 17.9 Å². The lowest BCUT2D eigenvalue weighted by molar-refractivity contribution is 0.169. The van der Waals surface area contributed by atoms with Crippen molar-refractivity contribution in [1.82, 2.24) is 14.8 Å². The molecule has 5 nitrogen and oxygen atoms in total. The van der Waals surface area contributed by atoms with E-state index in [0.717, 1.165) is 28.8 Å². The summed E-state index contributed by atoms with van der Waals surface area (Å²) in [6.07, 6.45) is 2.23. The van der Waals surface area contributed by atoms with Crippen LogP contribution in [0, 0.1) is 0 Å². The molecule has 1 N–H and O–H groups in total. The molecule has 2 aromatic rings. The van der Waals surface area contributed by atoms with Gasteiger partial charge in [0.2, 0.25) is 0 Å². The van der Waals surface area contributed by atoms with E-state index in [4.69, 9.17) is 4.74 Å². The van der Waals surface area contributed by atoms with Crippen LogP contribution in [0.25, 0.3) is 0 Å². The van der Waals surface area contributed by atoms with Gasteiger partial charge >= 0.3 is 0 Å². The molecule has 0 amide bonds. The zero-order chi connectivity index (χ0) is 14.5. The molecule has 108 valence electrons. The Labute approximate surface area is 126 Å². The van der Waals surface area contributed by atoms with E-state index in [1.54, 1.807) is 7.11 Å². The molecule has 0 aliphatic rings. The lowest BCUT2D eigenvalue weighted by Crippen LogP contribution is -2.11. The van der Waals surface area contributed by atoms with Crippen LogP contribution in [0.3, 0.4) is 0 Å². The van der Waals surface area contributed by atoms with E-state index in [-0.39, 0.29) is 0 Å². The maximum Gasteiger partial charge on any atom is 0.138 e. The van der Waals surface area contributed by atoms with Crippen molar-refractivity contribution in [2.45, 2.75) is 32.4 Å². The first-order valence-corrected chi connectivity index (χ1v) is 7.33. The molecule has 0 saturated heterocycles. The third-order valence-corrected chi connectivity index (χ3v) is 3.55. The number of ether oxygens (including phenoxy) is 1.